The highest BCUT2D eigenvalue weighted by molar-refractivity contribution is 5.96. The van der Waals surface area contributed by atoms with Gasteiger partial charge in [-0.1, -0.05) is 42.5 Å². The number of nitrogens with zero attached hydrogens (tertiary/aromatic N) is 1. The molecule has 21 heavy (non-hydrogen) atoms. The van der Waals surface area contributed by atoms with Crippen molar-refractivity contribution >= 4 is 10.8 Å². The first-order valence-corrected chi connectivity index (χ1v) is 7.10. The summed E-state index contributed by atoms with van der Waals surface area (Å²) in [5.74, 6) is 0. The summed E-state index contributed by atoms with van der Waals surface area (Å²) < 4.78 is 5.05. The van der Waals surface area contributed by atoms with Crippen molar-refractivity contribution in [3.8, 4) is 11.3 Å². The number of rotatable bonds is 6. The largest absolute Gasteiger partial charge is 0.383 e. The fourth-order valence-electron chi connectivity index (χ4n) is 2.52. The molecule has 4 nitrogen and oxygen atoms in total. The smallest absolute Gasteiger partial charge is 0.0701 e. The third kappa shape index (κ3) is 2.96. The van der Waals surface area contributed by atoms with E-state index in [1.165, 1.54) is 21.9 Å². The average molecular weight is 281 g/mol. The van der Waals surface area contributed by atoms with Crippen LogP contribution in [0.2, 0.25) is 0 Å². The van der Waals surface area contributed by atoms with Crippen molar-refractivity contribution in [2.24, 2.45) is 0 Å². The maximum atomic E-state index is 5.05. The average Bonchev–Trinajstić information content (AvgIpc) is 2.99. The molecule has 0 aliphatic carbocycles. The van der Waals surface area contributed by atoms with Gasteiger partial charge in [0.2, 0.25) is 0 Å². The van der Waals surface area contributed by atoms with Crippen molar-refractivity contribution in [2.75, 3.05) is 20.3 Å². The standard InChI is InChI=1S/C17H19N3O/c1-21-10-9-18-11-14-12-19-20-17(14)16-8-4-6-13-5-2-3-7-15(13)16/h2-8,12,18H,9-11H2,1H3,(H,19,20). The molecule has 0 saturated heterocycles. The lowest BCUT2D eigenvalue weighted by atomic mass is 10.00. The van der Waals surface area contributed by atoms with Crippen molar-refractivity contribution in [2.45, 2.75) is 6.54 Å². The SMILES string of the molecule is COCCNCc1cn[nH]c1-c1cccc2ccccc12. The summed E-state index contributed by atoms with van der Waals surface area (Å²) in [6, 6.07) is 14.8. The molecule has 3 aromatic rings. The molecular formula is C17H19N3O. The molecule has 2 aromatic carbocycles. The van der Waals surface area contributed by atoms with Gasteiger partial charge in [0.05, 0.1) is 18.5 Å². The van der Waals surface area contributed by atoms with Gasteiger partial charge in [0, 0.05) is 31.3 Å². The topological polar surface area (TPSA) is 49.9 Å². The Labute approximate surface area is 124 Å². The highest BCUT2D eigenvalue weighted by atomic mass is 16.5. The number of H-pyrrole nitrogens is 1. The summed E-state index contributed by atoms with van der Waals surface area (Å²) >= 11 is 0. The minimum Gasteiger partial charge on any atom is -0.383 e. The van der Waals surface area contributed by atoms with Crippen molar-refractivity contribution in [1.82, 2.24) is 15.5 Å². The minimum absolute atomic E-state index is 0.710. The van der Waals surface area contributed by atoms with E-state index in [1.807, 2.05) is 6.20 Å². The number of methoxy groups -OCH3 is 1. The van der Waals surface area contributed by atoms with Gasteiger partial charge in [0.1, 0.15) is 0 Å². The van der Waals surface area contributed by atoms with Gasteiger partial charge in [-0.25, -0.2) is 0 Å². The van der Waals surface area contributed by atoms with Crippen LogP contribution in [0.4, 0.5) is 0 Å². The molecule has 2 N–H and O–H groups in total. The Morgan fingerprint density at radius 1 is 1.14 bits per heavy atom. The zero-order chi connectivity index (χ0) is 14.5. The molecule has 4 heteroatoms. The van der Waals surface area contributed by atoms with Crippen molar-refractivity contribution in [3.05, 3.63) is 54.2 Å². The molecule has 0 bridgehead atoms. The van der Waals surface area contributed by atoms with Crippen molar-refractivity contribution < 1.29 is 4.74 Å². The van der Waals surface area contributed by atoms with Crippen molar-refractivity contribution in [3.63, 3.8) is 0 Å². The Morgan fingerprint density at radius 2 is 2.00 bits per heavy atom. The molecule has 0 spiro atoms. The molecule has 0 aliphatic heterocycles. The molecule has 0 unspecified atom stereocenters. The summed E-state index contributed by atoms with van der Waals surface area (Å²) in [5.41, 5.74) is 3.44. The fourth-order valence-corrected chi connectivity index (χ4v) is 2.52. The van der Waals surface area contributed by atoms with Crippen LogP contribution in [0.25, 0.3) is 22.0 Å². The van der Waals surface area contributed by atoms with Gasteiger partial charge in [-0.2, -0.15) is 5.10 Å². The third-order valence-electron chi connectivity index (χ3n) is 3.58. The van der Waals surface area contributed by atoms with E-state index in [9.17, 15) is 0 Å². The van der Waals surface area contributed by atoms with E-state index in [0.29, 0.717) is 6.61 Å². The summed E-state index contributed by atoms with van der Waals surface area (Å²) in [6.07, 6.45) is 1.89. The van der Waals surface area contributed by atoms with Crippen molar-refractivity contribution in [1.29, 1.82) is 0 Å². The fraction of sp³-hybridized carbons (Fsp3) is 0.235. The van der Waals surface area contributed by atoms with Crippen LogP contribution in [-0.2, 0) is 11.3 Å². The molecule has 0 fully saturated rings. The van der Waals surface area contributed by atoms with Crippen LogP contribution in [0, 0.1) is 0 Å². The highest BCUT2D eigenvalue weighted by Crippen LogP contribution is 2.29. The molecule has 0 amide bonds. The van der Waals surface area contributed by atoms with E-state index in [2.05, 4.69) is 58.0 Å². The predicted molar refractivity (Wildman–Crippen MR) is 85.1 cm³/mol. The van der Waals surface area contributed by atoms with Gasteiger partial charge in [-0.15, -0.1) is 0 Å². The Hall–Kier alpha value is -2.17. The van der Waals surface area contributed by atoms with Gasteiger partial charge >= 0.3 is 0 Å². The Kier molecular flexibility index (Phi) is 4.28. The maximum absolute atomic E-state index is 5.05. The molecule has 0 atom stereocenters. The molecular weight excluding hydrogens is 262 g/mol. The quantitative estimate of drug-likeness (QED) is 0.683. The number of aromatic nitrogens is 2. The van der Waals surface area contributed by atoms with E-state index < -0.39 is 0 Å². The highest BCUT2D eigenvalue weighted by Gasteiger charge is 2.10. The molecule has 0 saturated carbocycles. The number of ether oxygens (including phenoxy) is 1. The van der Waals surface area contributed by atoms with Gasteiger partial charge in [-0.05, 0) is 10.8 Å². The number of fused-ring (bicyclic) bond motifs is 1. The molecule has 1 heterocycles. The van der Waals surface area contributed by atoms with Gasteiger partial charge < -0.3 is 10.1 Å². The van der Waals surface area contributed by atoms with Gasteiger partial charge in [-0.3, -0.25) is 5.10 Å². The van der Waals surface area contributed by atoms with Crippen LogP contribution >= 0.6 is 0 Å². The predicted octanol–water partition coefficient (Wildman–Crippen LogP) is 2.97. The number of benzene rings is 2. The molecule has 108 valence electrons. The molecule has 1 aromatic heterocycles. The summed E-state index contributed by atoms with van der Waals surface area (Å²) in [7, 11) is 1.71. The van der Waals surface area contributed by atoms with Crippen LogP contribution in [0.3, 0.4) is 0 Å². The Balaban J connectivity index is 1.91. The first-order chi connectivity index (χ1) is 10.4. The van der Waals surface area contributed by atoms with E-state index in [0.717, 1.165) is 18.8 Å². The summed E-state index contributed by atoms with van der Waals surface area (Å²) in [5, 5.41) is 13.2. The first-order valence-electron chi connectivity index (χ1n) is 7.10. The van der Waals surface area contributed by atoms with E-state index in [-0.39, 0.29) is 0 Å². The Bertz CT molecular complexity index is 715. The monoisotopic (exact) mass is 281 g/mol. The van der Waals surface area contributed by atoms with Crippen LogP contribution in [0.1, 0.15) is 5.56 Å². The molecule has 0 radical (unpaired) electrons. The number of aromatic amines is 1. The second-order valence-electron chi connectivity index (χ2n) is 4.97. The lowest BCUT2D eigenvalue weighted by molar-refractivity contribution is 0.199. The molecule has 0 aliphatic rings. The number of hydrogen-bond acceptors (Lipinski definition) is 3. The Morgan fingerprint density at radius 3 is 2.90 bits per heavy atom. The third-order valence-corrected chi connectivity index (χ3v) is 3.58. The number of hydrogen-bond donors (Lipinski definition) is 2. The van der Waals surface area contributed by atoms with Crippen LogP contribution < -0.4 is 5.32 Å². The molecule has 3 rings (SSSR count). The zero-order valence-electron chi connectivity index (χ0n) is 12.1. The maximum Gasteiger partial charge on any atom is 0.0701 e. The zero-order valence-corrected chi connectivity index (χ0v) is 12.1. The lowest BCUT2D eigenvalue weighted by Crippen LogP contribution is -2.18. The van der Waals surface area contributed by atoms with Crippen LogP contribution in [-0.4, -0.2) is 30.5 Å². The van der Waals surface area contributed by atoms with Gasteiger partial charge in [0.25, 0.3) is 0 Å². The van der Waals surface area contributed by atoms with E-state index >= 15 is 0 Å². The van der Waals surface area contributed by atoms with E-state index in [1.54, 1.807) is 7.11 Å². The summed E-state index contributed by atoms with van der Waals surface area (Å²) in [6.45, 7) is 2.32. The second kappa shape index (κ2) is 6.52. The van der Waals surface area contributed by atoms with E-state index in [4.69, 9.17) is 4.74 Å². The second-order valence-corrected chi connectivity index (χ2v) is 4.97. The van der Waals surface area contributed by atoms with Crippen LogP contribution in [0.5, 0.6) is 0 Å². The lowest BCUT2D eigenvalue weighted by Gasteiger charge is -2.08. The normalized spacial score (nSPS) is 11.1. The van der Waals surface area contributed by atoms with Gasteiger partial charge in [0.15, 0.2) is 0 Å². The number of nitrogens with one attached hydrogen (secondary N) is 2. The first kappa shape index (κ1) is 13.8. The summed E-state index contributed by atoms with van der Waals surface area (Å²) in [4.78, 5) is 0. The minimum atomic E-state index is 0.710. The van der Waals surface area contributed by atoms with Crippen LogP contribution in [0.15, 0.2) is 48.7 Å².